The Hall–Kier alpha value is -2.07. The van der Waals surface area contributed by atoms with Crippen LogP contribution in [0.15, 0.2) is 30.0 Å². The van der Waals surface area contributed by atoms with E-state index in [1.165, 1.54) is 34.3 Å². The van der Waals surface area contributed by atoms with E-state index >= 15 is 0 Å². The number of hydrogen-bond acceptors (Lipinski definition) is 3. The van der Waals surface area contributed by atoms with Crippen molar-refractivity contribution in [2.75, 3.05) is 25.5 Å². The van der Waals surface area contributed by atoms with E-state index in [-0.39, 0.29) is 12.0 Å². The number of allylic oxidation sites excluding steroid dienone is 2. The Morgan fingerprint density at radius 1 is 1.27 bits per heavy atom. The average Bonchev–Trinajstić information content (AvgIpc) is 2.62. The molecule has 1 N–H and O–H groups in total. The number of ether oxygens (including phenoxy) is 1. The van der Waals surface area contributed by atoms with Gasteiger partial charge >= 0.3 is 0 Å². The van der Waals surface area contributed by atoms with Crippen LogP contribution in [-0.2, 0) is 22.4 Å². The molecule has 4 rings (SSSR count). The third-order valence-corrected chi connectivity index (χ3v) is 5.50. The van der Waals surface area contributed by atoms with E-state index < -0.39 is 0 Å². The van der Waals surface area contributed by atoms with Gasteiger partial charge in [0, 0.05) is 44.9 Å². The maximum absolute atomic E-state index is 12.0. The predicted molar refractivity (Wildman–Crippen MR) is 105 cm³/mol. The van der Waals surface area contributed by atoms with E-state index in [1.54, 1.807) is 0 Å². The second-order valence-electron chi connectivity index (χ2n) is 7.90. The van der Waals surface area contributed by atoms with Crippen molar-refractivity contribution in [3.05, 3.63) is 46.7 Å². The summed E-state index contributed by atoms with van der Waals surface area (Å²) in [6.07, 6.45) is 10.5. The van der Waals surface area contributed by atoms with Crippen molar-refractivity contribution < 1.29 is 9.53 Å². The van der Waals surface area contributed by atoms with Gasteiger partial charge in [-0.05, 0) is 67.0 Å². The molecule has 0 aromatic heterocycles. The maximum Gasteiger partial charge on any atom is 0.224 e. The number of anilines is 1. The van der Waals surface area contributed by atoms with Crippen molar-refractivity contribution in [1.82, 2.24) is 4.90 Å². The van der Waals surface area contributed by atoms with E-state index in [4.69, 9.17) is 4.74 Å². The predicted octanol–water partition coefficient (Wildman–Crippen LogP) is 3.92. The fourth-order valence-electron chi connectivity index (χ4n) is 4.30. The number of carbonyl (C=O) groups excluding carboxylic acids is 1. The quantitative estimate of drug-likeness (QED) is 0.897. The largest absolute Gasteiger partial charge is 0.378 e. The Kier molecular flexibility index (Phi) is 4.86. The molecule has 1 fully saturated rings. The zero-order valence-electron chi connectivity index (χ0n) is 15.8. The Bertz CT molecular complexity index is 773. The van der Waals surface area contributed by atoms with Gasteiger partial charge in [-0.2, -0.15) is 0 Å². The van der Waals surface area contributed by atoms with Gasteiger partial charge in [0.25, 0.3) is 0 Å². The normalized spacial score (nSPS) is 23.1. The van der Waals surface area contributed by atoms with E-state index in [9.17, 15) is 4.79 Å². The first-order chi connectivity index (χ1) is 12.6. The molecule has 1 unspecified atom stereocenters. The van der Waals surface area contributed by atoms with Gasteiger partial charge in [0.05, 0.1) is 6.10 Å². The van der Waals surface area contributed by atoms with Crippen LogP contribution in [0.4, 0.5) is 5.69 Å². The first kappa shape index (κ1) is 17.3. The van der Waals surface area contributed by atoms with Crippen LogP contribution in [0.3, 0.4) is 0 Å². The minimum atomic E-state index is 0.128. The third-order valence-electron chi connectivity index (χ3n) is 5.50. The summed E-state index contributed by atoms with van der Waals surface area (Å²) in [6, 6.07) is 4.52. The van der Waals surface area contributed by atoms with Gasteiger partial charge in [-0.15, -0.1) is 0 Å². The van der Waals surface area contributed by atoms with E-state index in [2.05, 4.69) is 48.6 Å². The summed E-state index contributed by atoms with van der Waals surface area (Å²) in [4.78, 5) is 14.2. The molecule has 0 spiro atoms. The van der Waals surface area contributed by atoms with Crippen LogP contribution >= 0.6 is 0 Å². The van der Waals surface area contributed by atoms with Crippen LogP contribution in [0.2, 0.25) is 0 Å². The van der Waals surface area contributed by atoms with Crippen LogP contribution in [0, 0.1) is 0 Å². The van der Waals surface area contributed by atoms with E-state index in [0.717, 1.165) is 44.5 Å². The summed E-state index contributed by atoms with van der Waals surface area (Å²) in [6.45, 7) is 4.02. The Morgan fingerprint density at radius 3 is 2.92 bits per heavy atom. The molecule has 138 valence electrons. The number of nitrogens with one attached hydrogen (secondary N) is 1. The molecule has 0 aliphatic carbocycles. The van der Waals surface area contributed by atoms with Crippen molar-refractivity contribution in [3.63, 3.8) is 0 Å². The molecule has 0 radical (unpaired) electrons. The molecule has 3 heterocycles. The van der Waals surface area contributed by atoms with Crippen LogP contribution in [0.1, 0.15) is 49.3 Å². The SMILES string of the molecule is CC1=CC(c2cc3c(c(CC4CCCCO4)c2)NC(=O)CC3)=CN(C)C1. The summed E-state index contributed by atoms with van der Waals surface area (Å²) in [5, 5.41) is 3.13. The Labute approximate surface area is 155 Å². The van der Waals surface area contributed by atoms with Gasteiger partial charge in [-0.25, -0.2) is 0 Å². The molecule has 26 heavy (non-hydrogen) atoms. The smallest absolute Gasteiger partial charge is 0.224 e. The molecule has 0 bridgehead atoms. The Balaban J connectivity index is 1.72. The van der Waals surface area contributed by atoms with Gasteiger partial charge in [0.15, 0.2) is 0 Å². The van der Waals surface area contributed by atoms with Crippen molar-refractivity contribution in [1.29, 1.82) is 0 Å². The first-order valence-electron chi connectivity index (χ1n) is 9.75. The zero-order valence-corrected chi connectivity index (χ0v) is 15.8. The number of likely N-dealkylation sites (N-methyl/N-ethyl adjacent to an activating group) is 1. The summed E-state index contributed by atoms with van der Waals surface area (Å²) in [7, 11) is 2.12. The third kappa shape index (κ3) is 3.70. The molecule has 1 aromatic carbocycles. The molecule has 1 saturated heterocycles. The van der Waals surface area contributed by atoms with Crippen LogP contribution in [-0.4, -0.2) is 37.1 Å². The lowest BCUT2D eigenvalue weighted by Gasteiger charge is -2.28. The highest BCUT2D eigenvalue weighted by Gasteiger charge is 2.23. The van der Waals surface area contributed by atoms with E-state index in [0.29, 0.717) is 6.42 Å². The van der Waals surface area contributed by atoms with Gasteiger partial charge in [0.1, 0.15) is 0 Å². The average molecular weight is 352 g/mol. The second kappa shape index (κ2) is 7.28. The molecule has 0 saturated carbocycles. The summed E-state index contributed by atoms with van der Waals surface area (Å²) in [5.74, 6) is 0.128. The lowest BCUT2D eigenvalue weighted by atomic mass is 9.89. The van der Waals surface area contributed by atoms with Gasteiger partial charge in [-0.1, -0.05) is 11.6 Å². The number of nitrogens with zero attached hydrogens (tertiary/aromatic N) is 1. The number of amides is 1. The molecule has 3 aliphatic rings. The summed E-state index contributed by atoms with van der Waals surface area (Å²) < 4.78 is 5.97. The lowest BCUT2D eigenvalue weighted by molar-refractivity contribution is -0.116. The molecule has 4 nitrogen and oxygen atoms in total. The fraction of sp³-hybridized carbons (Fsp3) is 0.500. The highest BCUT2D eigenvalue weighted by molar-refractivity contribution is 5.95. The van der Waals surface area contributed by atoms with Crippen molar-refractivity contribution >= 4 is 17.2 Å². The molecule has 4 heteroatoms. The minimum Gasteiger partial charge on any atom is -0.378 e. The molecular weight excluding hydrogens is 324 g/mol. The monoisotopic (exact) mass is 352 g/mol. The summed E-state index contributed by atoms with van der Waals surface area (Å²) >= 11 is 0. The minimum absolute atomic E-state index is 0.128. The molecular formula is C22H28N2O2. The first-order valence-corrected chi connectivity index (χ1v) is 9.75. The van der Waals surface area contributed by atoms with Crippen LogP contribution in [0.5, 0.6) is 0 Å². The lowest BCUT2D eigenvalue weighted by Crippen LogP contribution is -2.25. The number of fused-ring (bicyclic) bond motifs is 1. The number of aryl methyl sites for hydroxylation is 1. The molecule has 1 aromatic rings. The maximum atomic E-state index is 12.0. The topological polar surface area (TPSA) is 41.6 Å². The zero-order chi connectivity index (χ0) is 18.1. The highest BCUT2D eigenvalue weighted by Crippen LogP contribution is 2.34. The molecule has 1 amide bonds. The summed E-state index contributed by atoms with van der Waals surface area (Å²) in [5.41, 5.74) is 7.38. The molecule has 3 aliphatic heterocycles. The van der Waals surface area contributed by atoms with Crippen molar-refractivity contribution in [2.24, 2.45) is 0 Å². The van der Waals surface area contributed by atoms with Crippen molar-refractivity contribution in [2.45, 2.75) is 51.6 Å². The standard InChI is InChI=1S/C22H28N2O2/c1-15-9-19(14-24(2)13-15)17-10-16-6-7-21(25)23-22(16)18(11-17)12-20-5-3-4-8-26-20/h9-11,14,20H,3-8,12-13H2,1-2H3,(H,23,25). The van der Waals surface area contributed by atoms with Crippen molar-refractivity contribution in [3.8, 4) is 0 Å². The fourth-order valence-corrected chi connectivity index (χ4v) is 4.30. The number of benzene rings is 1. The van der Waals surface area contributed by atoms with Gasteiger partial charge in [0.2, 0.25) is 5.91 Å². The van der Waals surface area contributed by atoms with Crippen LogP contribution < -0.4 is 5.32 Å². The Morgan fingerprint density at radius 2 is 2.15 bits per heavy atom. The number of rotatable bonds is 3. The molecule has 1 atom stereocenters. The number of carbonyl (C=O) groups is 1. The van der Waals surface area contributed by atoms with Gasteiger partial charge in [-0.3, -0.25) is 4.79 Å². The highest BCUT2D eigenvalue weighted by atomic mass is 16.5. The van der Waals surface area contributed by atoms with Crippen LogP contribution in [0.25, 0.3) is 5.57 Å². The number of hydrogen-bond donors (Lipinski definition) is 1. The second-order valence-corrected chi connectivity index (χ2v) is 7.90. The van der Waals surface area contributed by atoms with E-state index in [1.807, 2.05) is 0 Å². The van der Waals surface area contributed by atoms with Gasteiger partial charge < -0.3 is 15.0 Å².